The Morgan fingerprint density at radius 1 is 1.00 bits per heavy atom. The average Bonchev–Trinajstić information content (AvgIpc) is 3.16. The highest BCUT2D eigenvalue weighted by atomic mass is 16.2. The lowest BCUT2D eigenvalue weighted by Crippen LogP contribution is -2.48. The van der Waals surface area contributed by atoms with E-state index < -0.39 is 0 Å². The van der Waals surface area contributed by atoms with E-state index in [0.29, 0.717) is 24.2 Å². The van der Waals surface area contributed by atoms with E-state index in [0.717, 1.165) is 31.2 Å². The summed E-state index contributed by atoms with van der Waals surface area (Å²) in [5.41, 5.74) is 2.09. The SMILES string of the molecule is O=C(NC1CCN(C(=O)c2ccc3n[nH]nc3c2)CC1)C1CCCCC1. The van der Waals surface area contributed by atoms with Gasteiger partial charge in [-0.1, -0.05) is 19.3 Å². The molecule has 0 bridgehead atoms. The molecule has 7 nitrogen and oxygen atoms in total. The monoisotopic (exact) mass is 355 g/mol. The smallest absolute Gasteiger partial charge is 0.253 e. The van der Waals surface area contributed by atoms with E-state index in [1.54, 1.807) is 12.1 Å². The molecule has 7 heteroatoms. The first-order valence-electron chi connectivity index (χ1n) is 9.61. The van der Waals surface area contributed by atoms with E-state index in [2.05, 4.69) is 20.7 Å². The summed E-state index contributed by atoms with van der Waals surface area (Å²) in [4.78, 5) is 27.0. The molecule has 0 unspecified atom stereocenters. The zero-order valence-electron chi connectivity index (χ0n) is 14.9. The Hall–Kier alpha value is -2.44. The number of aromatic amines is 1. The zero-order valence-corrected chi connectivity index (χ0v) is 14.9. The van der Waals surface area contributed by atoms with Crippen molar-refractivity contribution >= 4 is 22.8 Å². The molecule has 1 aromatic heterocycles. The van der Waals surface area contributed by atoms with E-state index in [1.807, 2.05) is 11.0 Å². The van der Waals surface area contributed by atoms with Crippen LogP contribution in [0, 0.1) is 5.92 Å². The van der Waals surface area contributed by atoms with Gasteiger partial charge >= 0.3 is 0 Å². The second-order valence-electron chi connectivity index (χ2n) is 7.44. The van der Waals surface area contributed by atoms with Crippen LogP contribution >= 0.6 is 0 Å². The summed E-state index contributed by atoms with van der Waals surface area (Å²) >= 11 is 0. The number of fused-ring (bicyclic) bond motifs is 1. The molecular weight excluding hydrogens is 330 g/mol. The highest BCUT2D eigenvalue weighted by Crippen LogP contribution is 2.24. The molecule has 138 valence electrons. The first kappa shape index (κ1) is 17.0. The molecule has 0 spiro atoms. The highest BCUT2D eigenvalue weighted by Gasteiger charge is 2.27. The Bertz CT molecular complexity index is 788. The van der Waals surface area contributed by atoms with Crippen LogP contribution in [0.1, 0.15) is 55.3 Å². The molecule has 2 fully saturated rings. The number of H-pyrrole nitrogens is 1. The van der Waals surface area contributed by atoms with Crippen molar-refractivity contribution in [3.63, 3.8) is 0 Å². The summed E-state index contributed by atoms with van der Waals surface area (Å²) in [6.07, 6.45) is 7.26. The minimum Gasteiger partial charge on any atom is -0.353 e. The number of amides is 2. The largest absolute Gasteiger partial charge is 0.353 e. The molecule has 1 saturated carbocycles. The van der Waals surface area contributed by atoms with E-state index >= 15 is 0 Å². The van der Waals surface area contributed by atoms with Crippen LogP contribution in [-0.2, 0) is 4.79 Å². The summed E-state index contributed by atoms with van der Waals surface area (Å²) in [5, 5.41) is 13.8. The van der Waals surface area contributed by atoms with Crippen LogP contribution in [0.4, 0.5) is 0 Å². The summed E-state index contributed by atoms with van der Waals surface area (Å²) in [6.45, 7) is 1.34. The molecule has 2 amide bonds. The van der Waals surface area contributed by atoms with Crippen molar-refractivity contribution in [2.45, 2.75) is 51.0 Å². The molecule has 26 heavy (non-hydrogen) atoms. The van der Waals surface area contributed by atoms with Crippen LogP contribution in [0.2, 0.25) is 0 Å². The molecule has 4 rings (SSSR count). The molecule has 0 atom stereocenters. The summed E-state index contributed by atoms with van der Waals surface area (Å²) in [6, 6.07) is 5.57. The second kappa shape index (κ2) is 7.43. The number of carbonyl (C=O) groups is 2. The third-order valence-corrected chi connectivity index (χ3v) is 5.67. The molecule has 2 N–H and O–H groups in total. The number of piperidine rings is 1. The van der Waals surface area contributed by atoms with Crippen LogP contribution in [0.25, 0.3) is 11.0 Å². The summed E-state index contributed by atoms with van der Waals surface area (Å²) in [7, 11) is 0. The fourth-order valence-electron chi connectivity index (χ4n) is 4.07. The third kappa shape index (κ3) is 3.57. The topological polar surface area (TPSA) is 91.0 Å². The molecule has 1 aliphatic heterocycles. The number of likely N-dealkylation sites (tertiary alicyclic amines) is 1. The number of hydrogen-bond acceptors (Lipinski definition) is 4. The van der Waals surface area contributed by atoms with Crippen molar-refractivity contribution in [1.82, 2.24) is 25.6 Å². The van der Waals surface area contributed by atoms with Gasteiger partial charge in [-0.3, -0.25) is 9.59 Å². The minimum absolute atomic E-state index is 0.0203. The Morgan fingerprint density at radius 2 is 1.73 bits per heavy atom. The number of carbonyl (C=O) groups excluding carboxylic acids is 2. The van der Waals surface area contributed by atoms with Crippen LogP contribution in [0.5, 0.6) is 0 Å². The predicted octanol–water partition coefficient (Wildman–Crippen LogP) is 2.26. The van der Waals surface area contributed by atoms with Crippen LogP contribution in [0.15, 0.2) is 18.2 Å². The van der Waals surface area contributed by atoms with Gasteiger partial charge in [0.25, 0.3) is 5.91 Å². The van der Waals surface area contributed by atoms with E-state index in [1.165, 1.54) is 19.3 Å². The Kier molecular flexibility index (Phi) is 4.86. The van der Waals surface area contributed by atoms with Gasteiger partial charge in [-0.2, -0.15) is 15.4 Å². The number of hydrogen-bond donors (Lipinski definition) is 2. The van der Waals surface area contributed by atoms with Gasteiger partial charge < -0.3 is 10.2 Å². The van der Waals surface area contributed by atoms with Crippen LogP contribution in [-0.4, -0.2) is 51.3 Å². The maximum absolute atomic E-state index is 12.7. The molecule has 1 aliphatic carbocycles. The Morgan fingerprint density at radius 3 is 2.50 bits per heavy atom. The van der Waals surface area contributed by atoms with Gasteiger partial charge in [-0.25, -0.2) is 0 Å². The maximum Gasteiger partial charge on any atom is 0.253 e. The maximum atomic E-state index is 12.7. The van der Waals surface area contributed by atoms with Gasteiger partial charge in [-0.05, 0) is 43.9 Å². The summed E-state index contributed by atoms with van der Waals surface area (Å²) < 4.78 is 0. The van der Waals surface area contributed by atoms with Gasteiger partial charge in [0.2, 0.25) is 5.91 Å². The lowest BCUT2D eigenvalue weighted by molar-refractivity contribution is -0.126. The quantitative estimate of drug-likeness (QED) is 0.883. The zero-order chi connectivity index (χ0) is 17.9. The number of nitrogens with zero attached hydrogens (tertiary/aromatic N) is 3. The van der Waals surface area contributed by atoms with Crippen molar-refractivity contribution in [3.8, 4) is 0 Å². The minimum atomic E-state index is 0.0203. The molecule has 1 saturated heterocycles. The van der Waals surface area contributed by atoms with E-state index in [4.69, 9.17) is 0 Å². The van der Waals surface area contributed by atoms with Gasteiger partial charge in [0.1, 0.15) is 11.0 Å². The average molecular weight is 355 g/mol. The molecule has 2 heterocycles. The Labute approximate surface area is 152 Å². The molecule has 0 radical (unpaired) electrons. The fourth-order valence-corrected chi connectivity index (χ4v) is 4.07. The molecule has 1 aromatic carbocycles. The second-order valence-corrected chi connectivity index (χ2v) is 7.44. The molecule has 2 aromatic rings. The lowest BCUT2D eigenvalue weighted by atomic mass is 9.88. The van der Waals surface area contributed by atoms with Crippen molar-refractivity contribution in [1.29, 1.82) is 0 Å². The normalized spacial score (nSPS) is 19.6. The third-order valence-electron chi connectivity index (χ3n) is 5.67. The van der Waals surface area contributed by atoms with Crippen LogP contribution in [0.3, 0.4) is 0 Å². The fraction of sp³-hybridized carbons (Fsp3) is 0.579. The van der Waals surface area contributed by atoms with Crippen molar-refractivity contribution in [2.24, 2.45) is 5.92 Å². The van der Waals surface area contributed by atoms with E-state index in [9.17, 15) is 9.59 Å². The Balaban J connectivity index is 1.31. The first-order chi connectivity index (χ1) is 12.7. The highest BCUT2D eigenvalue weighted by molar-refractivity contribution is 5.97. The molecule has 2 aliphatic rings. The van der Waals surface area contributed by atoms with Gasteiger partial charge in [-0.15, -0.1) is 0 Å². The lowest BCUT2D eigenvalue weighted by Gasteiger charge is -2.33. The first-order valence-corrected chi connectivity index (χ1v) is 9.61. The summed E-state index contributed by atoms with van der Waals surface area (Å²) in [5.74, 6) is 0.426. The predicted molar refractivity (Wildman–Crippen MR) is 97.5 cm³/mol. The van der Waals surface area contributed by atoms with Crippen molar-refractivity contribution < 1.29 is 9.59 Å². The van der Waals surface area contributed by atoms with E-state index in [-0.39, 0.29) is 23.8 Å². The number of nitrogens with one attached hydrogen (secondary N) is 2. The standard InChI is InChI=1S/C19H25N5O2/c25-18(13-4-2-1-3-5-13)20-15-8-10-24(11-9-15)19(26)14-6-7-16-17(12-14)22-23-21-16/h6-7,12-13,15H,1-5,8-11H2,(H,20,25)(H,21,22,23). The van der Waals surface area contributed by atoms with Crippen molar-refractivity contribution in [2.75, 3.05) is 13.1 Å². The van der Waals surface area contributed by atoms with Crippen molar-refractivity contribution in [3.05, 3.63) is 23.8 Å². The van der Waals surface area contributed by atoms with Crippen LogP contribution < -0.4 is 5.32 Å². The number of aromatic nitrogens is 3. The van der Waals surface area contributed by atoms with Gasteiger partial charge in [0, 0.05) is 30.6 Å². The molecular formula is C19H25N5O2. The number of rotatable bonds is 3. The number of benzene rings is 1. The van der Waals surface area contributed by atoms with Gasteiger partial charge in [0.05, 0.1) is 0 Å². The van der Waals surface area contributed by atoms with Gasteiger partial charge in [0.15, 0.2) is 0 Å².